The number of benzene rings is 1. The highest BCUT2D eigenvalue weighted by atomic mass is 16.7. The Morgan fingerprint density at radius 1 is 1.18 bits per heavy atom. The molecular weight excluding hydrogens is 214 g/mol. The number of ether oxygens (including phenoxy) is 1. The molecule has 1 aliphatic carbocycles. The molecule has 2 rings (SSSR count). The van der Waals surface area contributed by atoms with E-state index in [1.807, 2.05) is 12.1 Å². The lowest BCUT2D eigenvalue weighted by Crippen LogP contribution is -2.23. The minimum Gasteiger partial charge on any atom is -0.497 e. The van der Waals surface area contributed by atoms with E-state index in [0.717, 1.165) is 18.7 Å². The van der Waals surface area contributed by atoms with E-state index in [0.29, 0.717) is 6.10 Å². The standard InChI is InChI=1S/C14H21NO2/c1-16-13-8-6-12(7-9-13)10-11-15-17-14-4-2-3-5-14/h6-9,14-15H,2-5,10-11H2,1H3. The van der Waals surface area contributed by atoms with Crippen molar-refractivity contribution in [2.24, 2.45) is 0 Å². The maximum atomic E-state index is 5.59. The molecule has 1 aliphatic rings. The average molecular weight is 235 g/mol. The Morgan fingerprint density at radius 3 is 2.53 bits per heavy atom. The van der Waals surface area contributed by atoms with Crippen LogP contribution >= 0.6 is 0 Å². The molecule has 17 heavy (non-hydrogen) atoms. The van der Waals surface area contributed by atoms with Crippen molar-refractivity contribution in [1.29, 1.82) is 0 Å². The first-order chi connectivity index (χ1) is 8.38. The molecule has 0 aliphatic heterocycles. The maximum Gasteiger partial charge on any atom is 0.118 e. The fourth-order valence-electron chi connectivity index (χ4n) is 2.17. The molecule has 0 aromatic heterocycles. The van der Waals surface area contributed by atoms with Crippen LogP contribution in [-0.2, 0) is 11.3 Å². The molecular formula is C14H21NO2. The van der Waals surface area contributed by atoms with Gasteiger partial charge < -0.3 is 4.74 Å². The lowest BCUT2D eigenvalue weighted by atomic mass is 10.1. The van der Waals surface area contributed by atoms with Gasteiger partial charge in [0.2, 0.25) is 0 Å². The minimum absolute atomic E-state index is 0.436. The second kappa shape index (κ2) is 6.62. The lowest BCUT2D eigenvalue weighted by molar-refractivity contribution is -0.0198. The van der Waals surface area contributed by atoms with E-state index in [4.69, 9.17) is 9.57 Å². The molecule has 1 aromatic carbocycles. The molecule has 1 aromatic rings. The predicted octanol–water partition coefficient (Wildman–Crippen LogP) is 2.70. The maximum absolute atomic E-state index is 5.59. The minimum atomic E-state index is 0.436. The highest BCUT2D eigenvalue weighted by molar-refractivity contribution is 5.27. The van der Waals surface area contributed by atoms with Crippen LogP contribution in [0.4, 0.5) is 0 Å². The molecule has 0 amide bonds. The Hall–Kier alpha value is -1.06. The summed E-state index contributed by atoms with van der Waals surface area (Å²) in [5.74, 6) is 0.906. The second-order valence-electron chi connectivity index (χ2n) is 4.52. The Balaban J connectivity index is 1.63. The van der Waals surface area contributed by atoms with Crippen LogP contribution in [0.15, 0.2) is 24.3 Å². The first-order valence-corrected chi connectivity index (χ1v) is 6.40. The van der Waals surface area contributed by atoms with Crippen LogP contribution in [0.5, 0.6) is 5.75 Å². The molecule has 94 valence electrons. The predicted molar refractivity (Wildman–Crippen MR) is 68.0 cm³/mol. The van der Waals surface area contributed by atoms with Crippen LogP contribution in [0.2, 0.25) is 0 Å². The Kier molecular flexibility index (Phi) is 4.83. The van der Waals surface area contributed by atoms with Gasteiger partial charge in [-0.15, -0.1) is 0 Å². The quantitative estimate of drug-likeness (QED) is 0.607. The normalized spacial score (nSPS) is 16.3. The number of nitrogens with one attached hydrogen (secondary N) is 1. The molecule has 0 bridgehead atoms. The van der Waals surface area contributed by atoms with Crippen LogP contribution in [0.25, 0.3) is 0 Å². The van der Waals surface area contributed by atoms with E-state index in [9.17, 15) is 0 Å². The van der Waals surface area contributed by atoms with Gasteiger partial charge in [0.15, 0.2) is 0 Å². The molecule has 3 nitrogen and oxygen atoms in total. The first kappa shape index (κ1) is 12.4. The molecule has 1 N–H and O–H groups in total. The molecule has 0 radical (unpaired) electrons. The molecule has 1 saturated carbocycles. The van der Waals surface area contributed by atoms with Crippen molar-refractivity contribution in [2.45, 2.75) is 38.2 Å². The van der Waals surface area contributed by atoms with Gasteiger partial charge in [0.05, 0.1) is 13.2 Å². The highest BCUT2D eigenvalue weighted by Crippen LogP contribution is 2.19. The topological polar surface area (TPSA) is 30.5 Å². The van der Waals surface area contributed by atoms with Gasteiger partial charge in [-0.25, -0.2) is 5.48 Å². The summed E-state index contributed by atoms with van der Waals surface area (Å²) >= 11 is 0. The SMILES string of the molecule is COc1ccc(CCNOC2CCCC2)cc1. The van der Waals surface area contributed by atoms with Gasteiger partial charge in [-0.2, -0.15) is 0 Å². The summed E-state index contributed by atoms with van der Waals surface area (Å²) in [6.07, 6.45) is 6.45. The molecule has 0 saturated heterocycles. The van der Waals surface area contributed by atoms with Crippen molar-refractivity contribution in [2.75, 3.05) is 13.7 Å². The third-order valence-corrected chi connectivity index (χ3v) is 3.23. The zero-order valence-corrected chi connectivity index (χ0v) is 10.4. The van der Waals surface area contributed by atoms with Crippen molar-refractivity contribution in [3.63, 3.8) is 0 Å². The summed E-state index contributed by atoms with van der Waals surface area (Å²) < 4.78 is 5.12. The average Bonchev–Trinajstić information content (AvgIpc) is 2.88. The zero-order chi connectivity index (χ0) is 11.9. The van der Waals surface area contributed by atoms with E-state index in [1.54, 1.807) is 7.11 Å². The number of hydrogen-bond donors (Lipinski definition) is 1. The van der Waals surface area contributed by atoms with E-state index >= 15 is 0 Å². The van der Waals surface area contributed by atoms with Gasteiger partial charge in [0.1, 0.15) is 5.75 Å². The van der Waals surface area contributed by atoms with Gasteiger partial charge in [-0.1, -0.05) is 25.0 Å². The van der Waals surface area contributed by atoms with Crippen LogP contribution in [0, 0.1) is 0 Å². The van der Waals surface area contributed by atoms with Crippen molar-refractivity contribution in [3.8, 4) is 5.75 Å². The monoisotopic (exact) mass is 235 g/mol. The third kappa shape index (κ3) is 4.02. The van der Waals surface area contributed by atoms with Crippen molar-refractivity contribution >= 4 is 0 Å². The third-order valence-electron chi connectivity index (χ3n) is 3.23. The summed E-state index contributed by atoms with van der Waals surface area (Å²) in [5, 5.41) is 0. The Morgan fingerprint density at radius 2 is 1.88 bits per heavy atom. The van der Waals surface area contributed by atoms with Gasteiger partial charge in [-0.3, -0.25) is 4.84 Å². The zero-order valence-electron chi connectivity index (χ0n) is 10.4. The van der Waals surface area contributed by atoms with E-state index in [2.05, 4.69) is 17.6 Å². The summed E-state index contributed by atoms with van der Waals surface area (Å²) in [4.78, 5) is 5.59. The summed E-state index contributed by atoms with van der Waals surface area (Å²) in [5.41, 5.74) is 4.37. The molecule has 1 fully saturated rings. The van der Waals surface area contributed by atoms with Crippen molar-refractivity contribution in [1.82, 2.24) is 5.48 Å². The first-order valence-electron chi connectivity index (χ1n) is 6.40. The van der Waals surface area contributed by atoms with Crippen LogP contribution in [0.3, 0.4) is 0 Å². The second-order valence-corrected chi connectivity index (χ2v) is 4.52. The van der Waals surface area contributed by atoms with Gasteiger partial charge in [-0.05, 0) is 37.0 Å². The van der Waals surface area contributed by atoms with Gasteiger partial charge in [0, 0.05) is 6.54 Å². The number of rotatable bonds is 6. The van der Waals surface area contributed by atoms with E-state index in [1.165, 1.54) is 31.2 Å². The number of methoxy groups -OCH3 is 1. The van der Waals surface area contributed by atoms with Crippen LogP contribution < -0.4 is 10.2 Å². The largest absolute Gasteiger partial charge is 0.497 e. The molecule has 3 heteroatoms. The van der Waals surface area contributed by atoms with Gasteiger partial charge in [0.25, 0.3) is 0 Å². The van der Waals surface area contributed by atoms with Gasteiger partial charge >= 0.3 is 0 Å². The molecule has 0 atom stereocenters. The molecule has 0 heterocycles. The fraction of sp³-hybridized carbons (Fsp3) is 0.571. The fourth-order valence-corrected chi connectivity index (χ4v) is 2.17. The highest BCUT2D eigenvalue weighted by Gasteiger charge is 2.14. The summed E-state index contributed by atoms with van der Waals surface area (Å²) in [6.45, 7) is 0.864. The summed E-state index contributed by atoms with van der Waals surface area (Å²) in [6, 6.07) is 8.17. The number of hydroxylamine groups is 1. The van der Waals surface area contributed by atoms with Crippen molar-refractivity contribution < 1.29 is 9.57 Å². The van der Waals surface area contributed by atoms with E-state index in [-0.39, 0.29) is 0 Å². The number of hydrogen-bond acceptors (Lipinski definition) is 3. The van der Waals surface area contributed by atoms with Crippen LogP contribution in [0.1, 0.15) is 31.2 Å². The van der Waals surface area contributed by atoms with Crippen LogP contribution in [-0.4, -0.2) is 19.8 Å². The molecule has 0 unspecified atom stereocenters. The van der Waals surface area contributed by atoms with E-state index < -0.39 is 0 Å². The van der Waals surface area contributed by atoms with Crippen molar-refractivity contribution in [3.05, 3.63) is 29.8 Å². The molecule has 0 spiro atoms. The Bertz CT molecular complexity index is 317. The lowest BCUT2D eigenvalue weighted by Gasteiger charge is -2.11. The smallest absolute Gasteiger partial charge is 0.118 e. The Labute approximate surface area is 103 Å². The summed E-state index contributed by atoms with van der Waals surface area (Å²) in [7, 11) is 1.69.